The van der Waals surface area contributed by atoms with E-state index in [1.54, 1.807) is 6.92 Å². The van der Waals surface area contributed by atoms with E-state index >= 15 is 0 Å². The standard InChI is InChI=1S/C12H11BrFNO4S/c1-7-4-10(14)9(13)5-11(7)15-20(17,18)12-3-2-8(6-16)19-12/h2-5,15-16H,6H2,1H3. The first-order valence-corrected chi connectivity index (χ1v) is 7.79. The van der Waals surface area contributed by atoms with Crippen LogP contribution in [0.15, 0.2) is 38.2 Å². The Morgan fingerprint density at radius 3 is 2.70 bits per heavy atom. The van der Waals surface area contributed by atoms with E-state index in [2.05, 4.69) is 20.7 Å². The van der Waals surface area contributed by atoms with Crippen molar-refractivity contribution in [2.24, 2.45) is 0 Å². The quantitative estimate of drug-likeness (QED) is 0.875. The second-order valence-electron chi connectivity index (χ2n) is 4.07. The van der Waals surface area contributed by atoms with Gasteiger partial charge in [-0.3, -0.25) is 4.72 Å². The van der Waals surface area contributed by atoms with Crippen molar-refractivity contribution in [1.29, 1.82) is 0 Å². The first-order chi connectivity index (χ1) is 9.33. The fourth-order valence-corrected chi connectivity index (χ4v) is 2.96. The Morgan fingerprint density at radius 1 is 1.40 bits per heavy atom. The van der Waals surface area contributed by atoms with E-state index in [0.717, 1.165) is 0 Å². The van der Waals surface area contributed by atoms with Gasteiger partial charge in [0.25, 0.3) is 10.0 Å². The van der Waals surface area contributed by atoms with Crippen molar-refractivity contribution < 1.29 is 22.3 Å². The van der Waals surface area contributed by atoms with E-state index in [-0.39, 0.29) is 21.0 Å². The average molecular weight is 364 g/mol. The molecule has 2 aromatic rings. The van der Waals surface area contributed by atoms with E-state index < -0.39 is 22.4 Å². The summed E-state index contributed by atoms with van der Waals surface area (Å²) in [6.45, 7) is 1.19. The second kappa shape index (κ2) is 5.55. The summed E-state index contributed by atoms with van der Waals surface area (Å²) in [7, 11) is -3.93. The third-order valence-electron chi connectivity index (χ3n) is 2.57. The second-order valence-corrected chi connectivity index (χ2v) is 6.53. The van der Waals surface area contributed by atoms with Crippen LogP contribution in [0.4, 0.5) is 10.1 Å². The molecule has 0 bridgehead atoms. The van der Waals surface area contributed by atoms with Crippen molar-refractivity contribution in [1.82, 2.24) is 0 Å². The van der Waals surface area contributed by atoms with E-state index in [0.29, 0.717) is 5.56 Å². The van der Waals surface area contributed by atoms with E-state index in [9.17, 15) is 12.8 Å². The van der Waals surface area contributed by atoms with E-state index in [1.807, 2.05) is 0 Å². The van der Waals surface area contributed by atoms with Gasteiger partial charge in [-0.1, -0.05) is 0 Å². The third kappa shape index (κ3) is 3.02. The zero-order valence-corrected chi connectivity index (χ0v) is 12.8. The summed E-state index contributed by atoms with van der Waals surface area (Å²) >= 11 is 2.99. The number of hydrogen-bond acceptors (Lipinski definition) is 4. The lowest BCUT2D eigenvalue weighted by atomic mass is 10.2. The number of sulfonamides is 1. The summed E-state index contributed by atoms with van der Waals surface area (Å²) in [6.07, 6.45) is 0. The van der Waals surface area contributed by atoms with Crippen LogP contribution in [0, 0.1) is 12.7 Å². The zero-order chi connectivity index (χ0) is 14.9. The van der Waals surface area contributed by atoms with Crippen molar-refractivity contribution in [2.75, 3.05) is 4.72 Å². The molecule has 0 radical (unpaired) electrons. The van der Waals surface area contributed by atoms with Gasteiger partial charge in [0.15, 0.2) is 0 Å². The molecule has 1 aromatic carbocycles. The highest BCUT2D eigenvalue weighted by atomic mass is 79.9. The SMILES string of the molecule is Cc1cc(F)c(Br)cc1NS(=O)(=O)c1ccc(CO)o1. The molecule has 5 nitrogen and oxygen atoms in total. The molecule has 0 saturated heterocycles. The Morgan fingerprint density at radius 2 is 2.10 bits per heavy atom. The molecule has 0 spiro atoms. The summed E-state index contributed by atoms with van der Waals surface area (Å²) in [5, 5.41) is 8.54. The number of rotatable bonds is 4. The van der Waals surface area contributed by atoms with E-state index in [4.69, 9.17) is 9.52 Å². The van der Waals surface area contributed by atoms with Crippen LogP contribution < -0.4 is 4.72 Å². The largest absolute Gasteiger partial charge is 0.445 e. The van der Waals surface area contributed by atoms with Gasteiger partial charge >= 0.3 is 0 Å². The minimum absolute atomic E-state index is 0.141. The van der Waals surface area contributed by atoms with Gasteiger partial charge in [0.1, 0.15) is 18.2 Å². The Hall–Kier alpha value is -1.38. The summed E-state index contributed by atoms with van der Waals surface area (Å²) in [4.78, 5) is 0. The molecule has 0 aliphatic carbocycles. The molecule has 1 heterocycles. The molecule has 108 valence electrons. The monoisotopic (exact) mass is 363 g/mol. The molecule has 0 fully saturated rings. The Balaban J connectivity index is 2.35. The molecule has 0 atom stereocenters. The van der Waals surface area contributed by atoms with Gasteiger partial charge in [-0.2, -0.15) is 8.42 Å². The highest BCUT2D eigenvalue weighted by Gasteiger charge is 2.20. The van der Waals surface area contributed by atoms with Gasteiger partial charge in [-0.25, -0.2) is 4.39 Å². The Kier molecular flexibility index (Phi) is 4.17. The van der Waals surface area contributed by atoms with Crippen LogP contribution in [0.1, 0.15) is 11.3 Å². The number of aryl methyl sites for hydroxylation is 1. The maximum Gasteiger partial charge on any atom is 0.295 e. The lowest BCUT2D eigenvalue weighted by Gasteiger charge is -2.09. The van der Waals surface area contributed by atoms with Crippen LogP contribution in [0.25, 0.3) is 0 Å². The van der Waals surface area contributed by atoms with Crippen molar-refractivity contribution in [3.63, 3.8) is 0 Å². The number of anilines is 1. The number of aliphatic hydroxyl groups is 1. The third-order valence-corrected chi connectivity index (χ3v) is 4.41. The maximum atomic E-state index is 13.3. The number of halogens is 2. The van der Waals surface area contributed by atoms with Crippen LogP contribution in [-0.2, 0) is 16.6 Å². The summed E-state index contributed by atoms with van der Waals surface area (Å²) in [5.41, 5.74) is 0.670. The average Bonchev–Trinajstić information content (AvgIpc) is 2.85. The lowest BCUT2D eigenvalue weighted by Crippen LogP contribution is -2.13. The number of benzene rings is 1. The highest BCUT2D eigenvalue weighted by molar-refractivity contribution is 9.10. The molecule has 2 rings (SSSR count). The number of furan rings is 1. The molecule has 0 aliphatic heterocycles. The minimum Gasteiger partial charge on any atom is -0.445 e. The number of nitrogens with one attached hydrogen (secondary N) is 1. The fraction of sp³-hybridized carbons (Fsp3) is 0.167. The van der Waals surface area contributed by atoms with Gasteiger partial charge < -0.3 is 9.52 Å². The van der Waals surface area contributed by atoms with Gasteiger partial charge in [-0.05, 0) is 52.7 Å². The van der Waals surface area contributed by atoms with Gasteiger partial charge in [-0.15, -0.1) is 0 Å². The Labute approximate surface area is 123 Å². The molecular weight excluding hydrogens is 353 g/mol. The molecule has 20 heavy (non-hydrogen) atoms. The number of aliphatic hydroxyl groups excluding tert-OH is 1. The fourth-order valence-electron chi connectivity index (χ4n) is 1.54. The normalized spacial score (nSPS) is 11.6. The van der Waals surface area contributed by atoms with Crippen molar-refractivity contribution in [2.45, 2.75) is 18.6 Å². The number of hydrogen-bond donors (Lipinski definition) is 2. The van der Waals surface area contributed by atoms with Gasteiger partial charge in [0, 0.05) is 0 Å². The maximum absolute atomic E-state index is 13.3. The van der Waals surface area contributed by atoms with Crippen LogP contribution in [0.5, 0.6) is 0 Å². The molecule has 1 aromatic heterocycles. The summed E-state index contributed by atoms with van der Waals surface area (Å²) in [5.74, 6) is -0.339. The highest BCUT2D eigenvalue weighted by Crippen LogP contribution is 2.26. The van der Waals surface area contributed by atoms with Crippen LogP contribution in [0.2, 0.25) is 0 Å². The van der Waals surface area contributed by atoms with Gasteiger partial charge in [0.2, 0.25) is 5.09 Å². The topological polar surface area (TPSA) is 79.5 Å². The van der Waals surface area contributed by atoms with Gasteiger partial charge in [0.05, 0.1) is 10.2 Å². The first kappa shape index (κ1) is 15.0. The summed E-state index contributed by atoms with van der Waals surface area (Å²) < 4.78 is 44.9. The van der Waals surface area contributed by atoms with Crippen molar-refractivity contribution in [3.8, 4) is 0 Å². The van der Waals surface area contributed by atoms with Crippen LogP contribution in [0.3, 0.4) is 0 Å². The molecular formula is C12H11BrFNO4S. The van der Waals surface area contributed by atoms with Crippen LogP contribution in [-0.4, -0.2) is 13.5 Å². The van der Waals surface area contributed by atoms with E-state index in [1.165, 1.54) is 24.3 Å². The molecule has 2 N–H and O–H groups in total. The summed E-state index contributed by atoms with van der Waals surface area (Å²) in [6, 6.07) is 5.14. The molecule has 0 aliphatic rings. The predicted octanol–water partition coefficient (Wildman–Crippen LogP) is 2.78. The Bertz CT molecular complexity index is 742. The predicted molar refractivity (Wildman–Crippen MR) is 74.3 cm³/mol. The van der Waals surface area contributed by atoms with Crippen LogP contribution >= 0.6 is 15.9 Å². The molecule has 0 saturated carbocycles. The molecule has 0 unspecified atom stereocenters. The molecule has 0 amide bonds. The molecule has 8 heteroatoms. The first-order valence-electron chi connectivity index (χ1n) is 5.51. The van der Waals surface area contributed by atoms with Crippen molar-refractivity contribution in [3.05, 3.63) is 45.9 Å². The zero-order valence-electron chi connectivity index (χ0n) is 10.4. The van der Waals surface area contributed by atoms with Crippen molar-refractivity contribution >= 4 is 31.6 Å². The smallest absolute Gasteiger partial charge is 0.295 e. The lowest BCUT2D eigenvalue weighted by molar-refractivity contribution is 0.236. The minimum atomic E-state index is -3.93.